The van der Waals surface area contributed by atoms with Crippen LogP contribution in [0.3, 0.4) is 0 Å². The monoisotopic (exact) mass is 281 g/mol. The molecule has 1 saturated heterocycles. The molecule has 4 heteroatoms. The Bertz CT molecular complexity index is 482. The highest BCUT2D eigenvalue weighted by atomic mass is 19.1. The molecule has 1 heterocycles. The molecule has 0 radical (unpaired) electrons. The van der Waals surface area contributed by atoms with Crippen LogP contribution in [0.15, 0.2) is 0 Å². The number of benzene rings is 1. The minimum atomic E-state index is -0.309. The van der Waals surface area contributed by atoms with Gasteiger partial charge < -0.3 is 14.8 Å². The first kappa shape index (κ1) is 15.1. The first-order valence-electron chi connectivity index (χ1n) is 7.20. The van der Waals surface area contributed by atoms with Crippen LogP contribution >= 0.6 is 0 Å². The molecule has 0 bridgehead atoms. The van der Waals surface area contributed by atoms with E-state index in [0.717, 1.165) is 43.5 Å². The Labute approximate surface area is 120 Å². The van der Waals surface area contributed by atoms with Crippen LogP contribution < -0.4 is 14.8 Å². The molecular formula is C16H24FNO2. The van der Waals surface area contributed by atoms with Crippen LogP contribution in [0.1, 0.15) is 29.5 Å². The van der Waals surface area contributed by atoms with Crippen LogP contribution in [0.4, 0.5) is 4.39 Å². The van der Waals surface area contributed by atoms with Crippen molar-refractivity contribution in [3.8, 4) is 11.5 Å². The molecule has 1 fully saturated rings. The van der Waals surface area contributed by atoms with E-state index in [4.69, 9.17) is 9.47 Å². The number of rotatable bonds is 4. The lowest BCUT2D eigenvalue weighted by atomic mass is 9.87. The van der Waals surface area contributed by atoms with E-state index < -0.39 is 0 Å². The van der Waals surface area contributed by atoms with Gasteiger partial charge in [-0.1, -0.05) is 0 Å². The third-order valence-electron chi connectivity index (χ3n) is 4.30. The molecule has 0 saturated carbocycles. The maximum atomic E-state index is 14.3. The van der Waals surface area contributed by atoms with E-state index in [1.165, 1.54) is 7.11 Å². The molecule has 1 aromatic carbocycles. The second kappa shape index (κ2) is 6.44. The molecule has 0 aliphatic carbocycles. The number of piperidine rings is 1. The molecule has 20 heavy (non-hydrogen) atoms. The van der Waals surface area contributed by atoms with Crippen molar-refractivity contribution in [3.05, 3.63) is 22.5 Å². The van der Waals surface area contributed by atoms with Gasteiger partial charge in [-0.15, -0.1) is 0 Å². The Morgan fingerprint density at radius 1 is 1.05 bits per heavy atom. The summed E-state index contributed by atoms with van der Waals surface area (Å²) in [5.74, 6) is 1.35. The number of nitrogens with one attached hydrogen (secondary N) is 1. The van der Waals surface area contributed by atoms with Gasteiger partial charge in [-0.2, -0.15) is 0 Å². The number of methoxy groups -OCH3 is 2. The predicted molar refractivity (Wildman–Crippen MR) is 78.3 cm³/mol. The quantitative estimate of drug-likeness (QED) is 0.920. The fraction of sp³-hybridized carbons (Fsp3) is 0.625. The summed E-state index contributed by atoms with van der Waals surface area (Å²) in [7, 11) is 3.13. The molecule has 0 unspecified atom stereocenters. The van der Waals surface area contributed by atoms with Gasteiger partial charge >= 0.3 is 0 Å². The van der Waals surface area contributed by atoms with Crippen LogP contribution in [0.2, 0.25) is 0 Å². The van der Waals surface area contributed by atoms with Gasteiger partial charge in [-0.25, -0.2) is 4.39 Å². The number of hydrogen-bond acceptors (Lipinski definition) is 3. The maximum Gasteiger partial charge on any atom is 0.171 e. The van der Waals surface area contributed by atoms with Gasteiger partial charge in [0.2, 0.25) is 0 Å². The summed E-state index contributed by atoms with van der Waals surface area (Å²) in [6.45, 7) is 5.79. The van der Waals surface area contributed by atoms with Gasteiger partial charge in [0.1, 0.15) is 5.75 Å². The third kappa shape index (κ3) is 2.75. The fourth-order valence-electron chi connectivity index (χ4n) is 3.11. The highest BCUT2D eigenvalue weighted by Gasteiger charge is 2.24. The Hall–Kier alpha value is -1.29. The zero-order valence-corrected chi connectivity index (χ0v) is 12.8. The molecule has 0 amide bonds. The van der Waals surface area contributed by atoms with E-state index in [2.05, 4.69) is 5.32 Å². The first-order valence-corrected chi connectivity index (χ1v) is 7.20. The molecule has 112 valence electrons. The predicted octanol–water partition coefficient (Wildman–Crippen LogP) is 3.00. The van der Waals surface area contributed by atoms with E-state index >= 15 is 0 Å². The maximum absolute atomic E-state index is 14.3. The van der Waals surface area contributed by atoms with Crippen molar-refractivity contribution in [1.82, 2.24) is 5.32 Å². The summed E-state index contributed by atoms with van der Waals surface area (Å²) in [5.41, 5.74) is 2.50. The van der Waals surface area contributed by atoms with Crippen molar-refractivity contribution >= 4 is 0 Å². The first-order chi connectivity index (χ1) is 9.60. The van der Waals surface area contributed by atoms with Crippen LogP contribution in [-0.4, -0.2) is 27.3 Å². The number of ether oxygens (including phenoxy) is 2. The molecule has 1 aliphatic heterocycles. The molecule has 0 atom stereocenters. The summed E-state index contributed by atoms with van der Waals surface area (Å²) >= 11 is 0. The second-order valence-electron chi connectivity index (χ2n) is 5.51. The minimum absolute atomic E-state index is 0.309. The van der Waals surface area contributed by atoms with Gasteiger partial charge in [0.15, 0.2) is 11.6 Å². The normalized spacial score (nSPS) is 16.2. The SMILES string of the molecule is COc1c(C)c(CC2CCNCC2)c(OC)c(C)c1F. The third-order valence-corrected chi connectivity index (χ3v) is 4.30. The highest BCUT2D eigenvalue weighted by Crippen LogP contribution is 2.38. The molecule has 0 spiro atoms. The van der Waals surface area contributed by atoms with Crippen LogP contribution in [0.25, 0.3) is 0 Å². The average molecular weight is 281 g/mol. The van der Waals surface area contributed by atoms with Crippen molar-refractivity contribution in [3.63, 3.8) is 0 Å². The summed E-state index contributed by atoms with van der Waals surface area (Å²) in [6.07, 6.45) is 3.23. The standard InChI is InChI=1S/C16H24FNO2/c1-10-13(9-12-5-7-18-8-6-12)15(19-3)11(2)14(17)16(10)20-4/h12,18H,5-9H2,1-4H3. The van der Waals surface area contributed by atoms with Gasteiger partial charge in [-0.05, 0) is 52.1 Å². The Morgan fingerprint density at radius 3 is 2.20 bits per heavy atom. The molecule has 2 rings (SSSR count). The van der Waals surface area contributed by atoms with Gasteiger partial charge in [0, 0.05) is 16.7 Å². The summed E-state index contributed by atoms with van der Waals surface area (Å²) in [6, 6.07) is 0. The Kier molecular flexibility index (Phi) is 4.86. The van der Waals surface area contributed by atoms with Crippen LogP contribution in [-0.2, 0) is 6.42 Å². The van der Waals surface area contributed by atoms with Crippen LogP contribution in [0.5, 0.6) is 11.5 Å². The van der Waals surface area contributed by atoms with Crippen molar-refractivity contribution in [2.45, 2.75) is 33.1 Å². The Morgan fingerprint density at radius 2 is 1.65 bits per heavy atom. The molecule has 1 aliphatic rings. The lowest BCUT2D eigenvalue weighted by Crippen LogP contribution is -2.29. The van der Waals surface area contributed by atoms with Crippen molar-refractivity contribution in [2.75, 3.05) is 27.3 Å². The molecule has 1 aromatic rings. The van der Waals surface area contributed by atoms with E-state index in [-0.39, 0.29) is 5.82 Å². The van der Waals surface area contributed by atoms with E-state index in [0.29, 0.717) is 23.0 Å². The van der Waals surface area contributed by atoms with Gasteiger partial charge in [0.25, 0.3) is 0 Å². The summed E-state index contributed by atoms with van der Waals surface area (Å²) in [4.78, 5) is 0. The van der Waals surface area contributed by atoms with Gasteiger partial charge in [-0.3, -0.25) is 0 Å². The van der Waals surface area contributed by atoms with Gasteiger partial charge in [0.05, 0.1) is 14.2 Å². The van der Waals surface area contributed by atoms with Crippen molar-refractivity contribution in [2.24, 2.45) is 5.92 Å². The average Bonchev–Trinajstić information content (AvgIpc) is 2.47. The lowest BCUT2D eigenvalue weighted by molar-refractivity contribution is 0.348. The fourth-order valence-corrected chi connectivity index (χ4v) is 3.11. The van der Waals surface area contributed by atoms with E-state index in [1.807, 2.05) is 6.92 Å². The van der Waals surface area contributed by atoms with E-state index in [9.17, 15) is 4.39 Å². The van der Waals surface area contributed by atoms with E-state index in [1.54, 1.807) is 14.0 Å². The smallest absolute Gasteiger partial charge is 0.171 e. The summed E-state index contributed by atoms with van der Waals surface area (Å²) in [5, 5.41) is 3.37. The van der Waals surface area contributed by atoms with Crippen molar-refractivity contribution in [1.29, 1.82) is 0 Å². The largest absolute Gasteiger partial charge is 0.496 e. The zero-order chi connectivity index (χ0) is 14.7. The topological polar surface area (TPSA) is 30.5 Å². The number of hydrogen-bond donors (Lipinski definition) is 1. The van der Waals surface area contributed by atoms with Crippen molar-refractivity contribution < 1.29 is 13.9 Å². The molecular weight excluding hydrogens is 257 g/mol. The lowest BCUT2D eigenvalue weighted by Gasteiger charge is -2.25. The highest BCUT2D eigenvalue weighted by molar-refractivity contribution is 5.54. The zero-order valence-electron chi connectivity index (χ0n) is 12.8. The van der Waals surface area contributed by atoms with Crippen LogP contribution in [0, 0.1) is 25.6 Å². The number of halogens is 1. The molecule has 0 aromatic heterocycles. The molecule has 1 N–H and O–H groups in total. The Balaban J connectivity index is 2.41. The minimum Gasteiger partial charge on any atom is -0.496 e. The molecule has 3 nitrogen and oxygen atoms in total. The summed E-state index contributed by atoms with van der Waals surface area (Å²) < 4.78 is 25.0. The second-order valence-corrected chi connectivity index (χ2v) is 5.51.